The third-order valence-electron chi connectivity index (χ3n) is 4.20. The first-order chi connectivity index (χ1) is 11.0. The molecule has 0 bridgehead atoms. The van der Waals surface area contributed by atoms with Crippen LogP contribution in [0.15, 0.2) is 54.6 Å². The van der Waals surface area contributed by atoms with Crippen molar-refractivity contribution < 1.29 is 9.90 Å². The first-order valence-corrected chi connectivity index (χ1v) is 8.10. The second-order valence-electron chi connectivity index (χ2n) is 6.21. The Bertz CT molecular complexity index is 645. The lowest BCUT2D eigenvalue weighted by atomic mass is 9.96. The van der Waals surface area contributed by atoms with Gasteiger partial charge in [0.2, 0.25) is 0 Å². The van der Waals surface area contributed by atoms with Gasteiger partial charge in [-0.25, -0.2) is 0 Å². The lowest BCUT2D eigenvalue weighted by Gasteiger charge is -2.21. The number of halogens is 1. The highest BCUT2D eigenvalue weighted by Gasteiger charge is 2.15. The van der Waals surface area contributed by atoms with E-state index in [9.17, 15) is 4.79 Å². The fourth-order valence-corrected chi connectivity index (χ4v) is 2.81. The minimum absolute atomic E-state index is 0. The van der Waals surface area contributed by atoms with Gasteiger partial charge in [0.1, 0.15) is 0 Å². The van der Waals surface area contributed by atoms with Gasteiger partial charge in [-0.15, -0.1) is 12.4 Å². The topological polar surface area (TPSA) is 49.3 Å². The summed E-state index contributed by atoms with van der Waals surface area (Å²) in [6, 6.07) is 18.9. The van der Waals surface area contributed by atoms with Crippen LogP contribution in [-0.4, -0.2) is 17.1 Å². The molecule has 24 heavy (non-hydrogen) atoms. The molecule has 4 heteroatoms. The first-order valence-electron chi connectivity index (χ1n) is 8.10. The maximum Gasteiger partial charge on any atom is 0.310 e. The van der Waals surface area contributed by atoms with E-state index in [2.05, 4.69) is 49.5 Å². The molecule has 0 fully saturated rings. The van der Waals surface area contributed by atoms with Crippen molar-refractivity contribution in [2.45, 2.75) is 45.2 Å². The fourth-order valence-electron chi connectivity index (χ4n) is 2.81. The molecule has 0 spiro atoms. The molecule has 2 N–H and O–H groups in total. The predicted octanol–water partition coefficient (Wildman–Crippen LogP) is 4.58. The Morgan fingerprint density at radius 1 is 1.00 bits per heavy atom. The summed E-state index contributed by atoms with van der Waals surface area (Å²) in [5.41, 5.74) is 3.29. The van der Waals surface area contributed by atoms with Crippen LogP contribution in [0.4, 0.5) is 0 Å². The Balaban J connectivity index is 0.00000288. The normalized spacial score (nSPS) is 14.3. The van der Waals surface area contributed by atoms with Gasteiger partial charge in [0, 0.05) is 12.1 Å². The number of aliphatic carboxylic acids is 1. The van der Waals surface area contributed by atoms with Crippen molar-refractivity contribution in [1.29, 1.82) is 0 Å². The van der Waals surface area contributed by atoms with E-state index in [1.165, 1.54) is 5.56 Å². The number of hydrogen-bond acceptors (Lipinski definition) is 2. The molecule has 0 aliphatic rings. The highest BCUT2D eigenvalue weighted by Crippen LogP contribution is 2.18. The standard InChI is InChI=1S/C20H25NO2.ClH/c1-14(21-16(3)18-9-5-4-6-10-18)12-17-8-7-11-19(13-17)15(2)20(22)23;/h4-11,13-16,21H,12H2,1-3H3,(H,22,23);1H/t14?,15?,16-;/m0./s1. The molecule has 0 amide bonds. The van der Waals surface area contributed by atoms with Crippen LogP contribution in [-0.2, 0) is 11.2 Å². The van der Waals surface area contributed by atoms with Crippen LogP contribution in [0.3, 0.4) is 0 Å². The van der Waals surface area contributed by atoms with E-state index >= 15 is 0 Å². The highest BCUT2D eigenvalue weighted by atomic mass is 35.5. The minimum Gasteiger partial charge on any atom is -0.481 e. The summed E-state index contributed by atoms with van der Waals surface area (Å²) >= 11 is 0. The van der Waals surface area contributed by atoms with Crippen molar-refractivity contribution in [3.8, 4) is 0 Å². The molecule has 3 atom stereocenters. The Labute approximate surface area is 150 Å². The Kier molecular flexibility index (Phi) is 7.96. The molecular formula is C20H26ClNO2. The Morgan fingerprint density at radius 2 is 1.62 bits per heavy atom. The van der Waals surface area contributed by atoms with Crippen LogP contribution >= 0.6 is 12.4 Å². The molecule has 0 saturated heterocycles. The van der Waals surface area contributed by atoms with Crippen molar-refractivity contribution in [2.75, 3.05) is 0 Å². The lowest BCUT2D eigenvalue weighted by molar-refractivity contribution is -0.138. The molecule has 2 unspecified atom stereocenters. The number of carboxylic acids is 1. The number of hydrogen-bond donors (Lipinski definition) is 2. The number of rotatable bonds is 7. The van der Waals surface area contributed by atoms with Gasteiger partial charge in [-0.05, 0) is 43.9 Å². The van der Waals surface area contributed by atoms with Gasteiger partial charge >= 0.3 is 5.97 Å². The van der Waals surface area contributed by atoms with E-state index in [-0.39, 0.29) is 18.4 Å². The molecule has 0 aliphatic heterocycles. The van der Waals surface area contributed by atoms with E-state index < -0.39 is 11.9 Å². The summed E-state index contributed by atoms with van der Waals surface area (Å²) in [5.74, 6) is -1.26. The molecule has 2 rings (SSSR count). The zero-order valence-electron chi connectivity index (χ0n) is 14.4. The zero-order valence-corrected chi connectivity index (χ0v) is 15.2. The highest BCUT2D eigenvalue weighted by molar-refractivity contribution is 5.85. The molecule has 0 heterocycles. The number of nitrogens with one attached hydrogen (secondary N) is 1. The monoisotopic (exact) mass is 347 g/mol. The molecule has 0 aromatic heterocycles. The van der Waals surface area contributed by atoms with Crippen LogP contribution in [0.1, 0.15) is 49.4 Å². The van der Waals surface area contributed by atoms with Gasteiger partial charge in [-0.1, -0.05) is 54.6 Å². The first kappa shape index (κ1) is 20.2. The Hall–Kier alpha value is -1.84. The average Bonchev–Trinajstić information content (AvgIpc) is 2.55. The maximum absolute atomic E-state index is 11.1. The van der Waals surface area contributed by atoms with Crippen LogP contribution in [0.2, 0.25) is 0 Å². The number of carboxylic acid groups (broad SMARTS) is 1. The molecular weight excluding hydrogens is 322 g/mol. The van der Waals surface area contributed by atoms with E-state index in [1.807, 2.05) is 24.3 Å². The zero-order chi connectivity index (χ0) is 16.8. The smallest absolute Gasteiger partial charge is 0.310 e. The average molecular weight is 348 g/mol. The van der Waals surface area contributed by atoms with Crippen LogP contribution in [0.25, 0.3) is 0 Å². The molecule has 2 aromatic rings. The quantitative estimate of drug-likeness (QED) is 0.770. The lowest BCUT2D eigenvalue weighted by Crippen LogP contribution is -2.30. The summed E-state index contributed by atoms with van der Waals surface area (Å²) in [6.07, 6.45) is 0.872. The van der Waals surface area contributed by atoms with Gasteiger partial charge in [-0.3, -0.25) is 4.79 Å². The summed E-state index contributed by atoms with van der Waals surface area (Å²) in [5, 5.41) is 12.7. The molecule has 0 saturated carbocycles. The SMILES string of the molecule is CC(Cc1cccc(C(C)C(=O)O)c1)N[C@@H](C)c1ccccc1.Cl. The van der Waals surface area contributed by atoms with Crippen LogP contribution in [0, 0.1) is 0 Å². The van der Waals surface area contributed by atoms with Gasteiger partial charge in [-0.2, -0.15) is 0 Å². The van der Waals surface area contributed by atoms with Gasteiger partial charge < -0.3 is 10.4 Å². The molecule has 0 radical (unpaired) electrons. The third-order valence-corrected chi connectivity index (χ3v) is 4.20. The van der Waals surface area contributed by atoms with E-state index in [1.54, 1.807) is 6.92 Å². The summed E-state index contributed by atoms with van der Waals surface area (Å²) in [6.45, 7) is 6.04. The van der Waals surface area contributed by atoms with Crippen molar-refractivity contribution in [3.05, 3.63) is 71.3 Å². The molecule has 0 aliphatic carbocycles. The van der Waals surface area contributed by atoms with Crippen LogP contribution < -0.4 is 5.32 Å². The predicted molar refractivity (Wildman–Crippen MR) is 101 cm³/mol. The number of benzene rings is 2. The van der Waals surface area contributed by atoms with Crippen molar-refractivity contribution >= 4 is 18.4 Å². The maximum atomic E-state index is 11.1. The largest absolute Gasteiger partial charge is 0.481 e. The van der Waals surface area contributed by atoms with Crippen LogP contribution in [0.5, 0.6) is 0 Å². The number of carbonyl (C=O) groups is 1. The van der Waals surface area contributed by atoms with Gasteiger partial charge in [0.15, 0.2) is 0 Å². The van der Waals surface area contributed by atoms with E-state index in [4.69, 9.17) is 5.11 Å². The van der Waals surface area contributed by atoms with Crippen molar-refractivity contribution in [3.63, 3.8) is 0 Å². The molecule has 2 aromatic carbocycles. The van der Waals surface area contributed by atoms with Gasteiger partial charge in [0.25, 0.3) is 0 Å². The minimum atomic E-state index is -0.786. The third kappa shape index (κ3) is 5.66. The molecule has 130 valence electrons. The van der Waals surface area contributed by atoms with E-state index in [0.717, 1.165) is 17.5 Å². The van der Waals surface area contributed by atoms with Gasteiger partial charge in [0.05, 0.1) is 5.92 Å². The second-order valence-corrected chi connectivity index (χ2v) is 6.21. The summed E-state index contributed by atoms with van der Waals surface area (Å²) in [7, 11) is 0. The Morgan fingerprint density at radius 3 is 2.25 bits per heavy atom. The summed E-state index contributed by atoms with van der Waals surface area (Å²) < 4.78 is 0. The van der Waals surface area contributed by atoms with Crippen molar-refractivity contribution in [1.82, 2.24) is 5.32 Å². The summed E-state index contributed by atoms with van der Waals surface area (Å²) in [4.78, 5) is 11.1. The molecule has 3 nitrogen and oxygen atoms in total. The van der Waals surface area contributed by atoms with Crippen molar-refractivity contribution in [2.24, 2.45) is 0 Å². The fraction of sp³-hybridized carbons (Fsp3) is 0.350. The van der Waals surface area contributed by atoms with E-state index in [0.29, 0.717) is 6.04 Å². The second kappa shape index (κ2) is 9.45.